The summed E-state index contributed by atoms with van der Waals surface area (Å²) in [5.41, 5.74) is 2.58. The van der Waals surface area contributed by atoms with E-state index in [4.69, 9.17) is 21.1 Å². The summed E-state index contributed by atoms with van der Waals surface area (Å²) in [5.74, 6) is 1.16. The van der Waals surface area contributed by atoms with E-state index in [2.05, 4.69) is 0 Å². The molecule has 1 heterocycles. The topological polar surface area (TPSA) is 35.5 Å². The zero-order valence-corrected chi connectivity index (χ0v) is 12.4. The first-order valence-corrected chi connectivity index (χ1v) is 7.20. The number of Topliss-reactive ketones (excluding diaryl/α,β-unsaturated/α-hetero) is 1. The van der Waals surface area contributed by atoms with Crippen molar-refractivity contribution in [3.63, 3.8) is 0 Å². The lowest BCUT2D eigenvalue weighted by atomic mass is 9.99. The molecule has 0 saturated heterocycles. The molecule has 0 spiro atoms. The number of halogens is 1. The average molecular weight is 303 g/mol. The molecule has 0 aromatic heterocycles. The van der Waals surface area contributed by atoms with Gasteiger partial charge in [-0.15, -0.1) is 0 Å². The highest BCUT2D eigenvalue weighted by Crippen LogP contribution is 2.35. The van der Waals surface area contributed by atoms with Gasteiger partial charge in [-0.05, 0) is 24.1 Å². The minimum atomic E-state index is -0.0220. The highest BCUT2D eigenvalue weighted by molar-refractivity contribution is 6.34. The lowest BCUT2D eigenvalue weighted by Crippen LogP contribution is -2.16. The second-order valence-electron chi connectivity index (χ2n) is 5.00. The van der Waals surface area contributed by atoms with Gasteiger partial charge in [0.15, 0.2) is 17.3 Å². The number of hydrogen-bond acceptors (Lipinski definition) is 3. The molecule has 2 aromatic carbocycles. The highest BCUT2D eigenvalue weighted by atomic mass is 35.5. The Morgan fingerprint density at radius 2 is 1.81 bits per heavy atom. The Balaban J connectivity index is 1.89. The number of fused-ring (bicyclic) bond motifs is 1. The summed E-state index contributed by atoms with van der Waals surface area (Å²) in [6, 6.07) is 11.2. The van der Waals surface area contributed by atoms with Crippen molar-refractivity contribution >= 4 is 17.4 Å². The zero-order valence-electron chi connectivity index (χ0n) is 11.7. The van der Waals surface area contributed by atoms with Crippen LogP contribution in [0.25, 0.3) is 0 Å². The minimum Gasteiger partial charge on any atom is -0.486 e. The molecular weight excluding hydrogens is 288 g/mol. The maximum absolute atomic E-state index is 12.5. The Kier molecular flexibility index (Phi) is 3.84. The van der Waals surface area contributed by atoms with E-state index in [1.165, 1.54) is 0 Å². The largest absolute Gasteiger partial charge is 0.486 e. The first-order chi connectivity index (χ1) is 10.1. The van der Waals surface area contributed by atoms with Crippen LogP contribution in [0.15, 0.2) is 36.4 Å². The summed E-state index contributed by atoms with van der Waals surface area (Å²) in [6.45, 7) is 2.98. The van der Waals surface area contributed by atoms with E-state index in [9.17, 15) is 4.79 Å². The summed E-state index contributed by atoms with van der Waals surface area (Å²) < 4.78 is 11.0. The lowest BCUT2D eigenvalue weighted by molar-refractivity contribution is 0.0991. The molecule has 2 aromatic rings. The van der Waals surface area contributed by atoms with Crippen LogP contribution in [0.3, 0.4) is 0 Å². The first kappa shape index (κ1) is 14.0. The second kappa shape index (κ2) is 5.78. The van der Waals surface area contributed by atoms with E-state index in [1.54, 1.807) is 12.1 Å². The smallest absolute Gasteiger partial charge is 0.168 e. The van der Waals surface area contributed by atoms with Gasteiger partial charge in [0.1, 0.15) is 13.2 Å². The van der Waals surface area contributed by atoms with Crippen molar-refractivity contribution < 1.29 is 14.3 Å². The van der Waals surface area contributed by atoms with Gasteiger partial charge in [0.25, 0.3) is 0 Å². The summed E-state index contributed by atoms with van der Waals surface area (Å²) >= 11 is 6.21. The third-order valence-corrected chi connectivity index (χ3v) is 3.86. The van der Waals surface area contributed by atoms with E-state index in [0.717, 1.165) is 11.1 Å². The molecule has 4 heteroatoms. The Morgan fingerprint density at radius 3 is 2.52 bits per heavy atom. The Labute approximate surface area is 128 Å². The number of carbonyl (C=O) groups is 1. The number of ether oxygens (including phenoxy) is 2. The molecule has 0 bridgehead atoms. The van der Waals surface area contributed by atoms with Crippen LogP contribution in [-0.4, -0.2) is 19.0 Å². The van der Waals surface area contributed by atoms with E-state index >= 15 is 0 Å². The summed E-state index contributed by atoms with van der Waals surface area (Å²) in [7, 11) is 0. The SMILES string of the molecule is Cc1ccccc1CC(=O)c1cc2c(cc1Cl)OCCO2. The maximum Gasteiger partial charge on any atom is 0.168 e. The van der Waals surface area contributed by atoms with Crippen molar-refractivity contribution in [2.24, 2.45) is 0 Å². The van der Waals surface area contributed by atoms with E-state index in [-0.39, 0.29) is 5.78 Å². The Hall–Kier alpha value is -2.00. The van der Waals surface area contributed by atoms with Gasteiger partial charge in [-0.1, -0.05) is 35.9 Å². The van der Waals surface area contributed by atoms with Gasteiger partial charge in [0.05, 0.1) is 5.02 Å². The fraction of sp³-hybridized carbons (Fsp3) is 0.235. The lowest BCUT2D eigenvalue weighted by Gasteiger charge is -2.19. The molecule has 0 radical (unpaired) electrons. The van der Waals surface area contributed by atoms with E-state index in [1.807, 2.05) is 31.2 Å². The van der Waals surface area contributed by atoms with Crippen molar-refractivity contribution in [3.05, 3.63) is 58.1 Å². The van der Waals surface area contributed by atoms with Gasteiger partial charge >= 0.3 is 0 Å². The summed E-state index contributed by atoms with van der Waals surface area (Å²) in [5, 5.41) is 0.401. The van der Waals surface area contributed by atoms with Crippen molar-refractivity contribution in [1.29, 1.82) is 0 Å². The van der Waals surface area contributed by atoms with Gasteiger partial charge < -0.3 is 9.47 Å². The van der Waals surface area contributed by atoms with Crippen molar-refractivity contribution in [2.75, 3.05) is 13.2 Å². The van der Waals surface area contributed by atoms with Crippen molar-refractivity contribution in [1.82, 2.24) is 0 Å². The molecule has 3 nitrogen and oxygen atoms in total. The van der Waals surface area contributed by atoms with Gasteiger partial charge in [-0.3, -0.25) is 4.79 Å². The molecule has 0 N–H and O–H groups in total. The number of benzene rings is 2. The van der Waals surface area contributed by atoms with Crippen LogP contribution in [0.5, 0.6) is 11.5 Å². The third kappa shape index (κ3) is 2.88. The van der Waals surface area contributed by atoms with Crippen LogP contribution >= 0.6 is 11.6 Å². The van der Waals surface area contributed by atoms with Gasteiger partial charge in [0, 0.05) is 18.1 Å². The van der Waals surface area contributed by atoms with E-state index in [0.29, 0.717) is 41.7 Å². The molecule has 0 fully saturated rings. The predicted octanol–water partition coefficient (Wildman–Crippen LogP) is 3.85. The summed E-state index contributed by atoms with van der Waals surface area (Å²) in [4.78, 5) is 12.5. The fourth-order valence-corrected chi connectivity index (χ4v) is 2.61. The second-order valence-corrected chi connectivity index (χ2v) is 5.41. The molecule has 0 unspecified atom stereocenters. The average Bonchev–Trinajstić information content (AvgIpc) is 2.49. The molecule has 3 rings (SSSR count). The van der Waals surface area contributed by atoms with Gasteiger partial charge in [-0.25, -0.2) is 0 Å². The minimum absolute atomic E-state index is 0.0220. The molecule has 0 aliphatic carbocycles. The Morgan fingerprint density at radius 1 is 1.14 bits per heavy atom. The standard InChI is InChI=1S/C17H15ClO3/c1-11-4-2-3-5-12(11)8-15(19)13-9-16-17(10-14(13)18)21-7-6-20-16/h2-5,9-10H,6-8H2,1H3. The number of ketones is 1. The number of rotatable bonds is 3. The first-order valence-electron chi connectivity index (χ1n) is 6.82. The highest BCUT2D eigenvalue weighted by Gasteiger charge is 2.19. The maximum atomic E-state index is 12.5. The molecule has 0 amide bonds. The van der Waals surface area contributed by atoms with Crippen LogP contribution < -0.4 is 9.47 Å². The third-order valence-electron chi connectivity index (χ3n) is 3.54. The van der Waals surface area contributed by atoms with Gasteiger partial charge in [-0.2, -0.15) is 0 Å². The van der Waals surface area contributed by atoms with Crippen LogP contribution in [0.2, 0.25) is 5.02 Å². The molecule has 1 aliphatic rings. The molecule has 0 saturated carbocycles. The van der Waals surface area contributed by atoms with Crippen LogP contribution in [-0.2, 0) is 6.42 Å². The quantitative estimate of drug-likeness (QED) is 0.808. The van der Waals surface area contributed by atoms with Crippen LogP contribution in [0.1, 0.15) is 21.5 Å². The number of aryl methyl sites for hydroxylation is 1. The van der Waals surface area contributed by atoms with Crippen LogP contribution in [0.4, 0.5) is 0 Å². The van der Waals surface area contributed by atoms with Crippen LogP contribution in [0, 0.1) is 6.92 Å². The predicted molar refractivity (Wildman–Crippen MR) is 81.7 cm³/mol. The number of carbonyl (C=O) groups excluding carboxylic acids is 1. The molecule has 0 atom stereocenters. The van der Waals surface area contributed by atoms with Gasteiger partial charge in [0.2, 0.25) is 0 Å². The fourth-order valence-electron chi connectivity index (χ4n) is 2.35. The monoisotopic (exact) mass is 302 g/mol. The summed E-state index contributed by atoms with van der Waals surface area (Å²) in [6.07, 6.45) is 0.325. The zero-order chi connectivity index (χ0) is 14.8. The molecule has 21 heavy (non-hydrogen) atoms. The van der Waals surface area contributed by atoms with E-state index < -0.39 is 0 Å². The molecule has 1 aliphatic heterocycles. The Bertz CT molecular complexity index is 694. The molecule has 108 valence electrons. The number of hydrogen-bond donors (Lipinski definition) is 0. The van der Waals surface area contributed by atoms with Crippen molar-refractivity contribution in [3.8, 4) is 11.5 Å². The normalized spacial score (nSPS) is 13.0. The van der Waals surface area contributed by atoms with Crippen molar-refractivity contribution in [2.45, 2.75) is 13.3 Å². The molecular formula is C17H15ClO3.